The first kappa shape index (κ1) is 33.1. The second-order valence-electron chi connectivity index (χ2n) is 12.6. The second kappa shape index (κ2) is 18.2. The number of thioether (sulfide) groups is 1. The molecule has 1 aliphatic heterocycles. The molecular formula is C36H54N2O2S. The first-order valence-electron chi connectivity index (χ1n) is 16.0. The quantitative estimate of drug-likeness (QED) is 0.168. The number of hydrogen-bond donors (Lipinski definition) is 1. The number of anilines is 1. The molecule has 226 valence electrons. The molecule has 1 heterocycles. The van der Waals surface area contributed by atoms with Crippen LogP contribution in [0.4, 0.5) is 5.69 Å². The van der Waals surface area contributed by atoms with Gasteiger partial charge in [0.25, 0.3) is 0 Å². The van der Waals surface area contributed by atoms with Crippen LogP contribution in [0.2, 0.25) is 0 Å². The number of benzene rings is 2. The average molecular weight is 579 g/mol. The van der Waals surface area contributed by atoms with Gasteiger partial charge in [0.1, 0.15) is 5.75 Å². The van der Waals surface area contributed by atoms with Crippen LogP contribution in [0.5, 0.6) is 5.75 Å². The number of hydrogen-bond acceptors (Lipinski definition) is 4. The molecule has 2 aromatic carbocycles. The molecule has 0 spiro atoms. The molecular weight excluding hydrogens is 524 g/mol. The predicted octanol–water partition coefficient (Wildman–Crippen LogP) is 10.2. The molecule has 0 atom stereocenters. The molecule has 4 nitrogen and oxygen atoms in total. The summed E-state index contributed by atoms with van der Waals surface area (Å²) < 4.78 is 6.32. The Morgan fingerprint density at radius 1 is 0.854 bits per heavy atom. The van der Waals surface area contributed by atoms with Crippen molar-refractivity contribution in [2.45, 2.75) is 123 Å². The summed E-state index contributed by atoms with van der Waals surface area (Å²) in [7, 11) is 0. The van der Waals surface area contributed by atoms with Crippen LogP contribution in [-0.2, 0) is 23.2 Å². The Labute approximate surface area is 254 Å². The zero-order chi connectivity index (χ0) is 29.3. The normalized spacial score (nSPS) is 13.1. The smallest absolute Gasteiger partial charge is 0.228 e. The third-order valence-corrected chi connectivity index (χ3v) is 8.50. The third kappa shape index (κ3) is 13.0. The topological polar surface area (TPSA) is 41.6 Å². The largest absolute Gasteiger partial charge is 0.493 e. The molecule has 1 aliphatic rings. The molecule has 0 aromatic heterocycles. The van der Waals surface area contributed by atoms with Gasteiger partial charge in [-0.2, -0.15) is 0 Å². The van der Waals surface area contributed by atoms with Crippen LogP contribution in [0.15, 0.2) is 54.1 Å². The molecule has 0 saturated heterocycles. The maximum absolute atomic E-state index is 12.9. The van der Waals surface area contributed by atoms with Crippen molar-refractivity contribution >= 4 is 23.4 Å². The van der Waals surface area contributed by atoms with Gasteiger partial charge >= 0.3 is 0 Å². The SMILES string of the molecule is CCCCCCCCCCCCCCOc1cc(CC(=O)Nc2ccc(CN3C=CSC3)cc2)ccc1C(C)(C)C. The second-order valence-corrected chi connectivity index (χ2v) is 13.4. The minimum Gasteiger partial charge on any atom is -0.493 e. The first-order chi connectivity index (χ1) is 19.8. The van der Waals surface area contributed by atoms with E-state index in [9.17, 15) is 4.79 Å². The van der Waals surface area contributed by atoms with Crippen molar-refractivity contribution in [3.8, 4) is 5.75 Å². The van der Waals surface area contributed by atoms with Crippen LogP contribution in [0.1, 0.15) is 121 Å². The maximum Gasteiger partial charge on any atom is 0.228 e. The van der Waals surface area contributed by atoms with Gasteiger partial charge in [-0.25, -0.2) is 0 Å². The van der Waals surface area contributed by atoms with Crippen LogP contribution in [0.25, 0.3) is 0 Å². The number of carbonyl (C=O) groups is 1. The molecule has 1 amide bonds. The Kier molecular flexibility index (Phi) is 14.7. The lowest BCUT2D eigenvalue weighted by Gasteiger charge is -2.23. The molecule has 0 bridgehead atoms. The fourth-order valence-electron chi connectivity index (χ4n) is 5.27. The molecule has 0 radical (unpaired) electrons. The van der Waals surface area contributed by atoms with E-state index < -0.39 is 0 Å². The molecule has 0 fully saturated rings. The van der Waals surface area contributed by atoms with Gasteiger partial charge in [-0.1, -0.05) is 123 Å². The summed E-state index contributed by atoms with van der Waals surface area (Å²) in [5.41, 5.74) is 4.23. The summed E-state index contributed by atoms with van der Waals surface area (Å²) in [5.74, 6) is 1.91. The molecule has 1 N–H and O–H groups in total. The lowest BCUT2D eigenvalue weighted by Crippen LogP contribution is -2.17. The van der Waals surface area contributed by atoms with E-state index in [1.807, 2.05) is 23.9 Å². The Bertz CT molecular complexity index is 1060. The van der Waals surface area contributed by atoms with E-state index in [1.54, 1.807) is 0 Å². The van der Waals surface area contributed by atoms with Crippen LogP contribution < -0.4 is 10.1 Å². The van der Waals surface area contributed by atoms with Gasteiger partial charge in [0, 0.05) is 18.4 Å². The molecule has 2 aromatic rings. The lowest BCUT2D eigenvalue weighted by atomic mass is 9.85. The summed E-state index contributed by atoms with van der Waals surface area (Å²) >= 11 is 1.81. The Balaban J connectivity index is 1.39. The summed E-state index contributed by atoms with van der Waals surface area (Å²) in [6, 6.07) is 14.4. The number of rotatable bonds is 19. The minimum absolute atomic E-state index is 0.00737. The highest BCUT2D eigenvalue weighted by atomic mass is 32.2. The monoisotopic (exact) mass is 578 g/mol. The van der Waals surface area contributed by atoms with Crippen molar-refractivity contribution in [1.82, 2.24) is 4.90 Å². The van der Waals surface area contributed by atoms with Gasteiger partial charge in [-0.15, -0.1) is 11.8 Å². The van der Waals surface area contributed by atoms with Gasteiger partial charge in [-0.05, 0) is 52.1 Å². The van der Waals surface area contributed by atoms with Crippen LogP contribution in [0.3, 0.4) is 0 Å². The van der Waals surface area contributed by atoms with Crippen molar-refractivity contribution < 1.29 is 9.53 Å². The Morgan fingerprint density at radius 2 is 1.46 bits per heavy atom. The van der Waals surface area contributed by atoms with Crippen molar-refractivity contribution in [1.29, 1.82) is 0 Å². The first-order valence-corrected chi connectivity index (χ1v) is 17.1. The zero-order valence-electron chi connectivity index (χ0n) is 26.2. The number of nitrogens with zero attached hydrogens (tertiary/aromatic N) is 1. The fourth-order valence-corrected chi connectivity index (χ4v) is 5.98. The number of nitrogens with one attached hydrogen (secondary N) is 1. The molecule has 3 rings (SSSR count). The predicted molar refractivity (Wildman–Crippen MR) is 178 cm³/mol. The van der Waals surface area contributed by atoms with Gasteiger partial charge in [0.05, 0.1) is 18.9 Å². The average Bonchev–Trinajstić information content (AvgIpc) is 3.45. The minimum atomic E-state index is -0.0159. The van der Waals surface area contributed by atoms with Crippen LogP contribution in [-0.4, -0.2) is 23.3 Å². The summed E-state index contributed by atoms with van der Waals surface area (Å²) in [4.78, 5) is 15.1. The van der Waals surface area contributed by atoms with Gasteiger partial charge in [0.15, 0.2) is 0 Å². The van der Waals surface area contributed by atoms with Crippen molar-refractivity contribution in [2.24, 2.45) is 0 Å². The molecule has 0 unspecified atom stereocenters. The standard InChI is InChI=1S/C36H54N2O2S/c1-5-6-7-8-9-10-11-12-13-14-15-16-24-40-34-26-31(19-22-33(34)36(2,3)4)27-35(39)37-32-20-17-30(18-21-32)28-38-23-25-41-29-38/h17-23,25-26H,5-16,24,27-29H2,1-4H3,(H,37,39). The van der Waals surface area contributed by atoms with E-state index in [0.717, 1.165) is 42.4 Å². The molecule has 0 saturated carbocycles. The maximum atomic E-state index is 12.9. The van der Waals surface area contributed by atoms with E-state index in [0.29, 0.717) is 6.42 Å². The van der Waals surface area contributed by atoms with Crippen LogP contribution in [0, 0.1) is 0 Å². The van der Waals surface area contributed by atoms with E-state index in [-0.39, 0.29) is 11.3 Å². The van der Waals surface area contributed by atoms with Gasteiger partial charge < -0.3 is 15.0 Å². The molecule has 5 heteroatoms. The summed E-state index contributed by atoms with van der Waals surface area (Å²) in [6.45, 7) is 10.5. The van der Waals surface area contributed by atoms with Crippen molar-refractivity contribution in [3.05, 3.63) is 70.8 Å². The van der Waals surface area contributed by atoms with Gasteiger partial charge in [-0.3, -0.25) is 4.79 Å². The molecule has 41 heavy (non-hydrogen) atoms. The summed E-state index contributed by atoms with van der Waals surface area (Å²) in [6.07, 6.45) is 18.5. The van der Waals surface area contributed by atoms with Crippen molar-refractivity contribution in [2.75, 3.05) is 17.8 Å². The highest BCUT2D eigenvalue weighted by Gasteiger charge is 2.20. The lowest BCUT2D eigenvalue weighted by molar-refractivity contribution is -0.115. The number of unbranched alkanes of at least 4 members (excludes halogenated alkanes) is 11. The molecule has 0 aliphatic carbocycles. The summed E-state index contributed by atoms with van der Waals surface area (Å²) in [5, 5.41) is 5.18. The van der Waals surface area contributed by atoms with E-state index in [2.05, 4.69) is 79.9 Å². The van der Waals surface area contributed by atoms with E-state index in [1.165, 1.54) is 81.8 Å². The zero-order valence-corrected chi connectivity index (χ0v) is 27.0. The Hall–Kier alpha value is -2.40. The van der Waals surface area contributed by atoms with E-state index in [4.69, 9.17) is 4.74 Å². The van der Waals surface area contributed by atoms with Gasteiger partial charge in [0.2, 0.25) is 5.91 Å². The van der Waals surface area contributed by atoms with Crippen molar-refractivity contribution in [3.63, 3.8) is 0 Å². The number of ether oxygens (including phenoxy) is 1. The highest BCUT2D eigenvalue weighted by Crippen LogP contribution is 2.32. The fraction of sp³-hybridized carbons (Fsp3) is 0.583. The Morgan fingerprint density at radius 3 is 2.05 bits per heavy atom. The number of amides is 1. The third-order valence-electron chi connectivity index (χ3n) is 7.71. The number of carbonyl (C=O) groups excluding carboxylic acids is 1. The van der Waals surface area contributed by atoms with E-state index >= 15 is 0 Å². The highest BCUT2D eigenvalue weighted by molar-refractivity contribution is 8.02. The van der Waals surface area contributed by atoms with Crippen LogP contribution >= 0.6 is 11.8 Å².